The van der Waals surface area contributed by atoms with E-state index in [0.29, 0.717) is 25.9 Å². The molecule has 1 aliphatic rings. The molecule has 5 nitrogen and oxygen atoms in total. The largest absolute Gasteiger partial charge is 0.468 e. The summed E-state index contributed by atoms with van der Waals surface area (Å²) in [6, 6.07) is 3.37. The van der Waals surface area contributed by atoms with Crippen LogP contribution in [0.1, 0.15) is 25.9 Å². The molecule has 0 aliphatic carbocycles. The molecule has 1 amide bonds. The Labute approximate surface area is 142 Å². The Balaban J connectivity index is 1.95. The summed E-state index contributed by atoms with van der Waals surface area (Å²) in [4.78, 5) is 25.4. The van der Waals surface area contributed by atoms with E-state index in [9.17, 15) is 14.0 Å². The summed E-state index contributed by atoms with van der Waals surface area (Å²) in [6.07, 6.45) is 0.961. The van der Waals surface area contributed by atoms with Crippen LogP contribution >= 0.6 is 11.6 Å². The van der Waals surface area contributed by atoms with Crippen molar-refractivity contribution in [2.75, 3.05) is 33.2 Å². The predicted octanol–water partition coefficient (Wildman–Crippen LogP) is 2.09. The first kappa shape index (κ1) is 14.9. The van der Waals surface area contributed by atoms with Crippen molar-refractivity contribution in [1.82, 2.24) is 10.2 Å². The fourth-order valence-electron chi connectivity index (χ4n) is 2.41. The van der Waals surface area contributed by atoms with E-state index in [1.165, 1.54) is 13.2 Å². The van der Waals surface area contributed by atoms with Gasteiger partial charge in [-0.1, -0.05) is 11.6 Å². The van der Waals surface area contributed by atoms with Gasteiger partial charge in [0, 0.05) is 19.8 Å². The van der Waals surface area contributed by atoms with Gasteiger partial charge >= 0.3 is 5.97 Å². The van der Waals surface area contributed by atoms with Crippen LogP contribution in [-0.4, -0.2) is 50.0 Å². The molecule has 7 heteroatoms. The molecule has 0 saturated carbocycles. The number of benzene rings is 1. The van der Waals surface area contributed by atoms with Crippen LogP contribution in [0.3, 0.4) is 0 Å². The van der Waals surface area contributed by atoms with Crippen LogP contribution in [-0.2, 0) is 9.53 Å². The molecular weight excluding hydrogens is 323 g/mol. The Hall–Kier alpha value is -1.66. The van der Waals surface area contributed by atoms with Gasteiger partial charge in [0.2, 0.25) is 0 Å². The number of amides is 1. The first-order valence-corrected chi connectivity index (χ1v) is 7.67. The molecule has 1 aromatic rings. The smallest absolute Gasteiger partial charge is 0.319 e. The summed E-state index contributed by atoms with van der Waals surface area (Å²) in [5, 5.41) is 2.39. The third-order valence-electron chi connectivity index (χ3n) is 3.68. The number of nitrogens with one attached hydrogen (secondary N) is 1. The third-order valence-corrected chi connectivity index (χ3v) is 3.90. The van der Waals surface area contributed by atoms with Gasteiger partial charge in [0.25, 0.3) is 5.91 Å². The maximum absolute atomic E-state index is 13.4. The van der Waals surface area contributed by atoms with E-state index < -0.39 is 24.1 Å². The Morgan fingerprint density at radius 1 is 1.43 bits per heavy atom. The SMILES string of the molecule is [2H]C([2H])(NC(=O)c1cc(F)cc(Cl)c1)C1CCN(CC(=O)OC)CC1. The maximum Gasteiger partial charge on any atom is 0.319 e. The second-order valence-electron chi connectivity index (χ2n) is 5.38. The Bertz CT molecular complexity index is 632. The monoisotopic (exact) mass is 344 g/mol. The molecule has 0 radical (unpaired) electrons. The average molecular weight is 345 g/mol. The van der Waals surface area contributed by atoms with Gasteiger partial charge < -0.3 is 10.1 Å². The molecule has 1 heterocycles. The molecule has 1 fully saturated rings. The van der Waals surface area contributed by atoms with E-state index in [1.54, 1.807) is 0 Å². The van der Waals surface area contributed by atoms with Gasteiger partial charge in [-0.05, 0) is 50.0 Å². The predicted molar refractivity (Wildman–Crippen MR) is 84.9 cm³/mol. The van der Waals surface area contributed by atoms with Crippen LogP contribution < -0.4 is 5.32 Å². The molecule has 0 bridgehead atoms. The quantitative estimate of drug-likeness (QED) is 0.831. The van der Waals surface area contributed by atoms with Crippen molar-refractivity contribution in [3.8, 4) is 0 Å². The minimum absolute atomic E-state index is 0.0306. The second-order valence-corrected chi connectivity index (χ2v) is 5.82. The molecule has 0 aromatic heterocycles. The van der Waals surface area contributed by atoms with Gasteiger partial charge in [-0.15, -0.1) is 0 Å². The molecule has 2 rings (SSSR count). The molecule has 1 aliphatic heterocycles. The first-order chi connectivity index (χ1) is 11.7. The molecule has 0 unspecified atom stereocenters. The lowest BCUT2D eigenvalue weighted by molar-refractivity contribution is -0.142. The Morgan fingerprint density at radius 3 is 2.74 bits per heavy atom. The van der Waals surface area contributed by atoms with Crippen LogP contribution in [0.25, 0.3) is 0 Å². The number of nitrogens with zero attached hydrogens (tertiary/aromatic N) is 1. The Kier molecular flexibility index (Phi) is 5.36. The van der Waals surface area contributed by atoms with Crippen molar-refractivity contribution in [2.45, 2.75) is 12.8 Å². The van der Waals surface area contributed by atoms with E-state index in [4.69, 9.17) is 14.3 Å². The molecule has 23 heavy (non-hydrogen) atoms. The summed E-state index contributed by atoms with van der Waals surface area (Å²) in [5.41, 5.74) is -0.0306. The zero-order chi connectivity index (χ0) is 18.6. The van der Waals surface area contributed by atoms with Crippen LogP contribution in [0, 0.1) is 11.7 Å². The van der Waals surface area contributed by atoms with Gasteiger partial charge in [-0.25, -0.2) is 4.39 Å². The fourth-order valence-corrected chi connectivity index (χ4v) is 2.63. The van der Waals surface area contributed by atoms with Crippen LogP contribution in [0.2, 0.25) is 5.02 Å². The summed E-state index contributed by atoms with van der Waals surface area (Å²) in [5.74, 6) is -2.12. The zero-order valence-electron chi connectivity index (χ0n) is 14.8. The zero-order valence-corrected chi connectivity index (χ0v) is 13.5. The standard InChI is InChI=1S/C16H20ClFN2O3/c1-23-15(21)10-20-4-2-11(3-5-20)9-19-16(22)12-6-13(17)8-14(18)7-12/h6-8,11H,2-5,9-10H2,1H3,(H,19,22)/i9D2. The number of methoxy groups -OCH3 is 1. The van der Waals surface area contributed by atoms with E-state index in [-0.39, 0.29) is 23.1 Å². The minimum Gasteiger partial charge on any atom is -0.468 e. The van der Waals surface area contributed by atoms with E-state index in [0.717, 1.165) is 12.1 Å². The number of carbonyl (C=O) groups excluding carboxylic acids is 2. The lowest BCUT2D eigenvalue weighted by Gasteiger charge is -2.31. The summed E-state index contributed by atoms with van der Waals surface area (Å²) < 4.78 is 34.3. The van der Waals surface area contributed by atoms with Crippen molar-refractivity contribution >= 4 is 23.5 Å². The summed E-state index contributed by atoms with van der Waals surface area (Å²) in [6.45, 7) is -0.727. The number of likely N-dealkylation sites (tertiary alicyclic amines) is 1. The molecule has 1 aromatic carbocycles. The number of hydrogen-bond acceptors (Lipinski definition) is 4. The highest BCUT2D eigenvalue weighted by atomic mass is 35.5. The van der Waals surface area contributed by atoms with Crippen molar-refractivity contribution in [3.05, 3.63) is 34.6 Å². The lowest BCUT2D eigenvalue weighted by atomic mass is 9.96. The lowest BCUT2D eigenvalue weighted by Crippen LogP contribution is -2.41. The molecule has 126 valence electrons. The average Bonchev–Trinajstić information content (AvgIpc) is 2.54. The molecular formula is C16H20ClFN2O3. The third kappa shape index (κ3) is 5.48. The fraction of sp³-hybridized carbons (Fsp3) is 0.500. The van der Waals surface area contributed by atoms with Gasteiger partial charge in [-0.2, -0.15) is 0 Å². The van der Waals surface area contributed by atoms with Gasteiger partial charge in [-0.3, -0.25) is 14.5 Å². The highest BCUT2D eigenvalue weighted by Crippen LogP contribution is 2.17. The first-order valence-electron chi connectivity index (χ1n) is 8.29. The van der Waals surface area contributed by atoms with Gasteiger partial charge in [0.15, 0.2) is 0 Å². The van der Waals surface area contributed by atoms with Crippen LogP contribution in [0.15, 0.2) is 18.2 Å². The molecule has 1 N–H and O–H groups in total. The highest BCUT2D eigenvalue weighted by molar-refractivity contribution is 6.31. The number of ether oxygens (including phenoxy) is 1. The summed E-state index contributed by atoms with van der Waals surface area (Å²) >= 11 is 5.73. The highest BCUT2D eigenvalue weighted by Gasteiger charge is 2.21. The van der Waals surface area contributed by atoms with E-state index >= 15 is 0 Å². The van der Waals surface area contributed by atoms with Crippen molar-refractivity contribution in [2.24, 2.45) is 5.92 Å². The topological polar surface area (TPSA) is 58.6 Å². The Morgan fingerprint density at radius 2 is 2.13 bits per heavy atom. The van der Waals surface area contributed by atoms with Crippen molar-refractivity contribution < 1.29 is 21.5 Å². The van der Waals surface area contributed by atoms with E-state index in [2.05, 4.69) is 10.1 Å². The number of esters is 1. The normalized spacial score (nSPS) is 18.0. The number of halogens is 2. The molecule has 1 saturated heterocycles. The van der Waals surface area contributed by atoms with Crippen molar-refractivity contribution in [3.63, 3.8) is 0 Å². The number of piperidine rings is 1. The van der Waals surface area contributed by atoms with Crippen LogP contribution in [0.5, 0.6) is 0 Å². The van der Waals surface area contributed by atoms with E-state index in [1.807, 2.05) is 4.90 Å². The van der Waals surface area contributed by atoms with Crippen LogP contribution in [0.4, 0.5) is 4.39 Å². The molecule has 0 spiro atoms. The van der Waals surface area contributed by atoms with Crippen molar-refractivity contribution in [1.29, 1.82) is 0 Å². The number of carbonyl (C=O) groups is 2. The number of rotatable bonds is 5. The molecule has 0 atom stereocenters. The minimum atomic E-state index is -1.95. The second kappa shape index (κ2) is 8.26. The summed E-state index contributed by atoms with van der Waals surface area (Å²) in [7, 11) is 1.32. The van der Waals surface area contributed by atoms with Gasteiger partial charge in [0.05, 0.1) is 13.7 Å². The maximum atomic E-state index is 13.4. The number of hydrogen-bond donors (Lipinski definition) is 1. The van der Waals surface area contributed by atoms with Gasteiger partial charge in [0.1, 0.15) is 5.82 Å².